The van der Waals surface area contributed by atoms with Gasteiger partial charge in [-0.05, 0) is 40.5 Å². The first-order valence-corrected chi connectivity index (χ1v) is 7.23. The van der Waals surface area contributed by atoms with Crippen LogP contribution in [0.3, 0.4) is 0 Å². The first kappa shape index (κ1) is 14.2. The summed E-state index contributed by atoms with van der Waals surface area (Å²) < 4.78 is 2.68. The zero-order chi connectivity index (χ0) is 14.0. The van der Waals surface area contributed by atoms with Crippen LogP contribution in [0.2, 0.25) is 5.02 Å². The van der Waals surface area contributed by atoms with Crippen molar-refractivity contribution in [1.82, 2.24) is 9.78 Å². The van der Waals surface area contributed by atoms with Crippen LogP contribution in [0.25, 0.3) is 0 Å². The van der Waals surface area contributed by atoms with Crippen molar-refractivity contribution >= 4 is 44.7 Å². The summed E-state index contributed by atoms with van der Waals surface area (Å²) in [5.41, 5.74) is 8.61. The average Bonchev–Trinajstić information content (AvgIpc) is 2.62. The molecular weight excluding hydrogens is 328 g/mol. The summed E-state index contributed by atoms with van der Waals surface area (Å²) in [7, 11) is 1.87. The Hall–Kier alpha value is -1.20. The zero-order valence-corrected chi connectivity index (χ0v) is 13.2. The smallest absolute Gasteiger partial charge is 0.152 e. The molecule has 4 nitrogen and oxygen atoms in total. The summed E-state index contributed by atoms with van der Waals surface area (Å²) >= 11 is 9.49. The number of benzene rings is 1. The van der Waals surface area contributed by atoms with E-state index in [1.54, 1.807) is 4.68 Å². The predicted molar refractivity (Wildman–Crippen MR) is 84.1 cm³/mol. The lowest BCUT2D eigenvalue weighted by molar-refractivity contribution is 0.740. The molecule has 1 aromatic heterocycles. The molecule has 2 rings (SSSR count). The van der Waals surface area contributed by atoms with E-state index in [1.807, 2.05) is 25.2 Å². The van der Waals surface area contributed by atoms with Crippen molar-refractivity contribution in [2.45, 2.75) is 19.8 Å². The number of nitrogens with zero attached hydrogens (tertiary/aromatic N) is 2. The minimum atomic E-state index is 0.667. The fourth-order valence-corrected chi connectivity index (χ4v) is 2.40. The van der Waals surface area contributed by atoms with Crippen LogP contribution in [0.15, 0.2) is 22.7 Å². The van der Waals surface area contributed by atoms with Crippen molar-refractivity contribution in [2.24, 2.45) is 7.05 Å². The minimum Gasteiger partial charge on any atom is -0.394 e. The number of hydrogen-bond donors (Lipinski definition) is 2. The molecule has 0 aliphatic rings. The Kier molecular flexibility index (Phi) is 4.37. The molecule has 3 N–H and O–H groups in total. The van der Waals surface area contributed by atoms with Crippen LogP contribution in [0.4, 0.5) is 17.2 Å². The van der Waals surface area contributed by atoms with Crippen LogP contribution in [-0.4, -0.2) is 9.78 Å². The van der Waals surface area contributed by atoms with Gasteiger partial charge in [0.2, 0.25) is 0 Å². The molecule has 19 heavy (non-hydrogen) atoms. The summed E-state index contributed by atoms with van der Waals surface area (Å²) in [5, 5.41) is 8.37. The van der Waals surface area contributed by atoms with E-state index in [0.717, 1.165) is 34.5 Å². The van der Waals surface area contributed by atoms with Crippen molar-refractivity contribution < 1.29 is 0 Å². The second kappa shape index (κ2) is 5.84. The molecule has 6 heteroatoms. The lowest BCUT2D eigenvalue weighted by Crippen LogP contribution is -2.01. The van der Waals surface area contributed by atoms with Crippen molar-refractivity contribution in [3.8, 4) is 0 Å². The summed E-state index contributed by atoms with van der Waals surface area (Å²) in [6, 6.07) is 5.56. The van der Waals surface area contributed by atoms with E-state index >= 15 is 0 Å². The molecule has 0 aliphatic heterocycles. The van der Waals surface area contributed by atoms with Gasteiger partial charge >= 0.3 is 0 Å². The van der Waals surface area contributed by atoms with Crippen LogP contribution in [0.1, 0.15) is 19.0 Å². The highest BCUT2D eigenvalue weighted by molar-refractivity contribution is 9.10. The summed E-state index contributed by atoms with van der Waals surface area (Å²) in [6.07, 6.45) is 1.89. The number of rotatable bonds is 4. The Morgan fingerprint density at radius 2 is 2.21 bits per heavy atom. The van der Waals surface area contributed by atoms with E-state index in [4.69, 9.17) is 17.3 Å². The fraction of sp³-hybridized carbons (Fsp3) is 0.308. The molecular formula is C13H16BrClN4. The predicted octanol–water partition coefficient (Wildman–Crippen LogP) is 4.11. The van der Waals surface area contributed by atoms with E-state index < -0.39 is 0 Å². The van der Waals surface area contributed by atoms with Crippen molar-refractivity contribution in [2.75, 3.05) is 11.1 Å². The van der Waals surface area contributed by atoms with Gasteiger partial charge < -0.3 is 11.1 Å². The molecule has 0 aliphatic carbocycles. The standard InChI is InChI=1S/C13H16BrClN4/c1-3-4-10-12(16)13(19(2)18-10)17-11-7-8(15)5-6-9(11)14/h5-7,17H,3-4,16H2,1-2H3. The third-order valence-corrected chi connectivity index (χ3v) is 3.76. The molecule has 0 spiro atoms. The van der Waals surface area contributed by atoms with Crippen LogP contribution in [0, 0.1) is 0 Å². The van der Waals surface area contributed by atoms with Gasteiger partial charge in [-0.2, -0.15) is 5.10 Å². The lowest BCUT2D eigenvalue weighted by Gasteiger charge is -2.10. The number of nitrogens with one attached hydrogen (secondary N) is 1. The highest BCUT2D eigenvalue weighted by atomic mass is 79.9. The van der Waals surface area contributed by atoms with E-state index in [9.17, 15) is 0 Å². The second-order valence-electron chi connectivity index (χ2n) is 4.33. The Labute approximate surface area is 126 Å². The molecule has 0 fully saturated rings. The summed E-state index contributed by atoms with van der Waals surface area (Å²) in [5.74, 6) is 0.784. The molecule has 102 valence electrons. The maximum Gasteiger partial charge on any atom is 0.152 e. The molecule has 0 saturated carbocycles. The van der Waals surface area contributed by atoms with Gasteiger partial charge in [-0.3, -0.25) is 4.68 Å². The second-order valence-corrected chi connectivity index (χ2v) is 5.62. The SMILES string of the molecule is CCCc1nn(C)c(Nc2cc(Cl)ccc2Br)c1N. The quantitative estimate of drug-likeness (QED) is 0.878. The van der Waals surface area contributed by atoms with E-state index in [2.05, 4.69) is 33.3 Å². The van der Waals surface area contributed by atoms with Gasteiger partial charge in [0.15, 0.2) is 5.82 Å². The first-order chi connectivity index (χ1) is 9.02. The number of nitrogen functional groups attached to an aromatic ring is 1. The summed E-state index contributed by atoms with van der Waals surface area (Å²) in [4.78, 5) is 0. The summed E-state index contributed by atoms with van der Waals surface area (Å²) in [6.45, 7) is 2.11. The highest BCUT2D eigenvalue weighted by Crippen LogP contribution is 2.32. The number of aromatic nitrogens is 2. The number of anilines is 3. The molecule has 0 atom stereocenters. The topological polar surface area (TPSA) is 55.9 Å². The van der Waals surface area contributed by atoms with Gasteiger partial charge in [-0.25, -0.2) is 0 Å². The van der Waals surface area contributed by atoms with E-state index in [0.29, 0.717) is 10.7 Å². The van der Waals surface area contributed by atoms with Crippen molar-refractivity contribution in [3.05, 3.63) is 33.4 Å². The molecule has 0 bridgehead atoms. The normalized spacial score (nSPS) is 10.7. The van der Waals surface area contributed by atoms with E-state index in [-0.39, 0.29) is 0 Å². The maximum absolute atomic E-state index is 6.13. The first-order valence-electron chi connectivity index (χ1n) is 6.06. The minimum absolute atomic E-state index is 0.667. The molecule has 1 aromatic carbocycles. The number of nitrogens with two attached hydrogens (primary N) is 1. The van der Waals surface area contributed by atoms with Gasteiger partial charge in [-0.1, -0.05) is 24.9 Å². The molecule has 0 radical (unpaired) electrons. The Bertz CT molecular complexity index is 595. The molecule has 1 heterocycles. The van der Waals surface area contributed by atoms with Crippen LogP contribution < -0.4 is 11.1 Å². The van der Waals surface area contributed by atoms with Gasteiger partial charge in [0.05, 0.1) is 17.1 Å². The average molecular weight is 344 g/mol. The largest absolute Gasteiger partial charge is 0.394 e. The van der Waals surface area contributed by atoms with Gasteiger partial charge in [0.25, 0.3) is 0 Å². The van der Waals surface area contributed by atoms with Crippen molar-refractivity contribution in [3.63, 3.8) is 0 Å². The van der Waals surface area contributed by atoms with Crippen LogP contribution >= 0.6 is 27.5 Å². The van der Waals surface area contributed by atoms with Crippen LogP contribution in [-0.2, 0) is 13.5 Å². The molecule has 0 amide bonds. The lowest BCUT2D eigenvalue weighted by atomic mass is 10.2. The Morgan fingerprint density at radius 1 is 1.47 bits per heavy atom. The zero-order valence-electron chi connectivity index (χ0n) is 10.9. The van der Waals surface area contributed by atoms with Gasteiger partial charge in [-0.15, -0.1) is 0 Å². The van der Waals surface area contributed by atoms with E-state index in [1.165, 1.54) is 0 Å². The Morgan fingerprint density at radius 3 is 2.89 bits per heavy atom. The highest BCUT2D eigenvalue weighted by Gasteiger charge is 2.13. The third-order valence-electron chi connectivity index (χ3n) is 2.83. The molecule has 2 aromatic rings. The van der Waals surface area contributed by atoms with Crippen molar-refractivity contribution in [1.29, 1.82) is 0 Å². The number of halogens is 2. The maximum atomic E-state index is 6.13. The fourth-order valence-electron chi connectivity index (χ4n) is 1.89. The number of hydrogen-bond acceptors (Lipinski definition) is 3. The van der Waals surface area contributed by atoms with Gasteiger partial charge in [0, 0.05) is 16.5 Å². The molecule has 0 unspecified atom stereocenters. The Balaban J connectivity index is 2.35. The molecule has 0 saturated heterocycles. The van der Waals surface area contributed by atoms with Crippen LogP contribution in [0.5, 0.6) is 0 Å². The third kappa shape index (κ3) is 3.04. The van der Waals surface area contributed by atoms with Gasteiger partial charge in [0.1, 0.15) is 0 Å². The monoisotopic (exact) mass is 342 g/mol. The number of aryl methyl sites for hydroxylation is 2.